The Morgan fingerprint density at radius 3 is 2.44 bits per heavy atom. The second-order valence-corrected chi connectivity index (χ2v) is 9.87. The molecule has 1 aliphatic heterocycles. The summed E-state index contributed by atoms with van der Waals surface area (Å²) in [5.41, 5.74) is 1.92. The van der Waals surface area contributed by atoms with Crippen molar-refractivity contribution >= 4 is 22.8 Å². The van der Waals surface area contributed by atoms with Gasteiger partial charge in [0.2, 0.25) is 11.8 Å². The third-order valence-corrected chi connectivity index (χ3v) is 6.86. The predicted molar refractivity (Wildman–Crippen MR) is 147 cm³/mol. The maximum absolute atomic E-state index is 13.7. The molecular formula is C30H33N5O4. The van der Waals surface area contributed by atoms with Crippen LogP contribution in [0.15, 0.2) is 77.3 Å². The van der Waals surface area contributed by atoms with Crippen molar-refractivity contribution in [2.24, 2.45) is 0 Å². The number of aromatic nitrogens is 2. The van der Waals surface area contributed by atoms with Crippen LogP contribution in [0.2, 0.25) is 0 Å². The second-order valence-electron chi connectivity index (χ2n) is 9.87. The van der Waals surface area contributed by atoms with E-state index < -0.39 is 18.2 Å². The van der Waals surface area contributed by atoms with Gasteiger partial charge in [-0.25, -0.2) is 4.79 Å². The number of aryl methyl sites for hydroxylation is 1. The van der Waals surface area contributed by atoms with Crippen molar-refractivity contribution in [1.29, 1.82) is 0 Å². The first kappa shape index (κ1) is 26.4. The topological polar surface area (TPSA) is 118 Å². The van der Waals surface area contributed by atoms with E-state index in [9.17, 15) is 9.59 Å². The summed E-state index contributed by atoms with van der Waals surface area (Å²) < 4.78 is 11.1. The third kappa shape index (κ3) is 7.20. The molecule has 9 heteroatoms. The molecule has 3 aromatic carbocycles. The third-order valence-electron chi connectivity index (χ3n) is 6.86. The van der Waals surface area contributed by atoms with Crippen molar-refractivity contribution < 1.29 is 18.8 Å². The Morgan fingerprint density at radius 2 is 1.69 bits per heavy atom. The number of amides is 2. The molecule has 0 radical (unpaired) electrons. The number of piperidine rings is 1. The Morgan fingerprint density at radius 1 is 0.949 bits per heavy atom. The fraction of sp³-hybridized carbons (Fsp3) is 0.333. The van der Waals surface area contributed by atoms with Gasteiger partial charge < -0.3 is 25.2 Å². The van der Waals surface area contributed by atoms with Gasteiger partial charge in [-0.1, -0.05) is 78.0 Å². The van der Waals surface area contributed by atoms with Crippen LogP contribution in [0.4, 0.5) is 4.79 Å². The van der Waals surface area contributed by atoms with E-state index in [1.807, 2.05) is 72.8 Å². The Bertz CT molecular complexity index is 1400. The van der Waals surface area contributed by atoms with Gasteiger partial charge in [-0.3, -0.25) is 4.79 Å². The molecule has 4 aromatic rings. The standard InChI is InChI=1S/C30H33N5O4/c1-20-32-29(39-35-20)27(18-21-7-3-2-4-8-21)33-28(36)26(34-30(37)38-25-13-15-31-16-14-25)19-22-11-12-23-9-5-6-10-24(23)17-22/h2-12,17,25-27,31H,13-16,18-19H2,1H3,(H,33,36)(H,34,37)/t26-,27-/m1/s1. The summed E-state index contributed by atoms with van der Waals surface area (Å²) in [6.07, 6.45) is 1.45. The van der Waals surface area contributed by atoms with Gasteiger partial charge in [0.05, 0.1) is 0 Å². The summed E-state index contributed by atoms with van der Waals surface area (Å²) in [6.45, 7) is 3.32. The highest BCUT2D eigenvalue weighted by molar-refractivity contribution is 5.87. The van der Waals surface area contributed by atoms with Crippen LogP contribution in [0.1, 0.15) is 41.7 Å². The quantitative estimate of drug-likeness (QED) is 0.301. The van der Waals surface area contributed by atoms with Gasteiger partial charge in [0, 0.05) is 12.8 Å². The Hall–Kier alpha value is -4.24. The van der Waals surface area contributed by atoms with Crippen molar-refractivity contribution in [3.8, 4) is 0 Å². The van der Waals surface area contributed by atoms with Gasteiger partial charge in [-0.15, -0.1) is 0 Å². The average molecular weight is 528 g/mol. The van der Waals surface area contributed by atoms with E-state index >= 15 is 0 Å². The maximum Gasteiger partial charge on any atom is 0.408 e. The molecule has 5 rings (SSSR count). The zero-order valence-electron chi connectivity index (χ0n) is 21.9. The molecular weight excluding hydrogens is 494 g/mol. The summed E-state index contributed by atoms with van der Waals surface area (Å²) in [7, 11) is 0. The molecule has 0 bridgehead atoms. The average Bonchev–Trinajstić information content (AvgIpc) is 3.39. The number of alkyl carbamates (subject to hydrolysis) is 1. The first-order valence-electron chi connectivity index (χ1n) is 13.3. The Kier molecular flexibility index (Phi) is 8.48. The summed E-state index contributed by atoms with van der Waals surface area (Å²) in [6, 6.07) is 22.4. The maximum atomic E-state index is 13.7. The summed E-state index contributed by atoms with van der Waals surface area (Å²) >= 11 is 0. The molecule has 39 heavy (non-hydrogen) atoms. The molecule has 2 amide bonds. The fourth-order valence-electron chi connectivity index (χ4n) is 4.83. The lowest BCUT2D eigenvalue weighted by atomic mass is 10.0. The highest BCUT2D eigenvalue weighted by atomic mass is 16.6. The van der Waals surface area contributed by atoms with Crippen LogP contribution in [-0.4, -0.2) is 47.4 Å². The van der Waals surface area contributed by atoms with Crippen molar-refractivity contribution in [2.75, 3.05) is 13.1 Å². The number of fused-ring (bicyclic) bond motifs is 1. The zero-order chi connectivity index (χ0) is 27.0. The molecule has 9 nitrogen and oxygen atoms in total. The number of hydrogen-bond acceptors (Lipinski definition) is 7. The molecule has 1 aliphatic rings. The summed E-state index contributed by atoms with van der Waals surface area (Å²) in [5.74, 6) is 0.433. The van der Waals surface area contributed by atoms with Gasteiger partial charge in [0.25, 0.3) is 0 Å². The normalized spacial score (nSPS) is 15.4. The van der Waals surface area contributed by atoms with Crippen LogP contribution in [0.25, 0.3) is 10.8 Å². The van der Waals surface area contributed by atoms with Gasteiger partial charge >= 0.3 is 6.09 Å². The molecule has 1 saturated heterocycles. The van der Waals surface area contributed by atoms with E-state index in [0.717, 1.165) is 47.8 Å². The monoisotopic (exact) mass is 527 g/mol. The van der Waals surface area contributed by atoms with Crippen LogP contribution in [0, 0.1) is 6.92 Å². The number of ether oxygens (including phenoxy) is 1. The molecule has 3 N–H and O–H groups in total. The van der Waals surface area contributed by atoms with Crippen molar-refractivity contribution in [3.05, 3.63) is 95.6 Å². The minimum atomic E-state index is -0.873. The number of carbonyl (C=O) groups excluding carboxylic acids is 2. The number of nitrogens with one attached hydrogen (secondary N) is 3. The van der Waals surface area contributed by atoms with Gasteiger partial charge in [-0.2, -0.15) is 4.98 Å². The van der Waals surface area contributed by atoms with Crippen LogP contribution in [-0.2, 0) is 22.4 Å². The number of hydrogen-bond donors (Lipinski definition) is 3. The number of rotatable bonds is 9. The lowest BCUT2D eigenvalue weighted by Gasteiger charge is -2.25. The summed E-state index contributed by atoms with van der Waals surface area (Å²) in [5, 5.41) is 15.2. The second kappa shape index (κ2) is 12.5. The van der Waals surface area contributed by atoms with E-state index in [1.54, 1.807) is 6.92 Å². The molecule has 0 spiro atoms. The molecule has 202 valence electrons. The van der Waals surface area contributed by atoms with E-state index in [4.69, 9.17) is 9.26 Å². The predicted octanol–water partition coefficient (Wildman–Crippen LogP) is 4.02. The largest absolute Gasteiger partial charge is 0.446 e. The molecule has 0 saturated carbocycles. The lowest BCUT2D eigenvalue weighted by Crippen LogP contribution is -2.50. The van der Waals surface area contributed by atoms with Crippen molar-refractivity contribution in [1.82, 2.24) is 26.1 Å². The highest BCUT2D eigenvalue weighted by Crippen LogP contribution is 2.20. The molecule has 0 unspecified atom stereocenters. The van der Waals surface area contributed by atoms with Crippen LogP contribution in [0.3, 0.4) is 0 Å². The molecule has 1 aromatic heterocycles. The molecule has 2 atom stereocenters. The van der Waals surface area contributed by atoms with Crippen molar-refractivity contribution in [3.63, 3.8) is 0 Å². The molecule has 2 heterocycles. The number of benzene rings is 3. The van der Waals surface area contributed by atoms with E-state index in [1.165, 1.54) is 0 Å². The number of nitrogens with zero attached hydrogens (tertiary/aromatic N) is 2. The summed E-state index contributed by atoms with van der Waals surface area (Å²) in [4.78, 5) is 31.0. The first-order valence-corrected chi connectivity index (χ1v) is 13.3. The molecule has 0 aliphatic carbocycles. The van der Waals surface area contributed by atoms with E-state index in [-0.39, 0.29) is 12.0 Å². The van der Waals surface area contributed by atoms with E-state index in [2.05, 4.69) is 26.1 Å². The van der Waals surface area contributed by atoms with Crippen LogP contribution < -0.4 is 16.0 Å². The van der Waals surface area contributed by atoms with Gasteiger partial charge in [-0.05, 0) is 54.8 Å². The smallest absolute Gasteiger partial charge is 0.408 e. The lowest BCUT2D eigenvalue weighted by molar-refractivity contribution is -0.124. The van der Waals surface area contributed by atoms with Gasteiger partial charge in [0.1, 0.15) is 18.2 Å². The minimum absolute atomic E-state index is 0.178. The minimum Gasteiger partial charge on any atom is -0.446 e. The zero-order valence-corrected chi connectivity index (χ0v) is 21.9. The first-order chi connectivity index (χ1) is 19.0. The van der Waals surface area contributed by atoms with Crippen molar-refractivity contribution in [2.45, 2.75) is 50.8 Å². The Balaban J connectivity index is 1.36. The van der Waals surface area contributed by atoms with Crippen LogP contribution in [0.5, 0.6) is 0 Å². The van der Waals surface area contributed by atoms with Crippen LogP contribution >= 0.6 is 0 Å². The Labute approximate surface area is 227 Å². The number of carbonyl (C=O) groups is 2. The SMILES string of the molecule is Cc1noc([C@@H](Cc2ccccc2)NC(=O)[C@@H](Cc2ccc3ccccc3c2)NC(=O)OC2CCNCC2)n1. The highest BCUT2D eigenvalue weighted by Gasteiger charge is 2.29. The molecule has 1 fully saturated rings. The fourth-order valence-corrected chi connectivity index (χ4v) is 4.83. The van der Waals surface area contributed by atoms with E-state index in [0.29, 0.717) is 24.6 Å². The van der Waals surface area contributed by atoms with Gasteiger partial charge in [0.15, 0.2) is 5.82 Å².